The van der Waals surface area contributed by atoms with Crippen LogP contribution < -0.4 is 5.32 Å². The molecule has 1 unspecified atom stereocenters. The van der Waals surface area contributed by atoms with Crippen LogP contribution in [0.4, 0.5) is 0 Å². The number of carbonyl (C=O) groups is 1. The Balaban J connectivity index is 1.57. The highest BCUT2D eigenvalue weighted by Crippen LogP contribution is 2.24. The van der Waals surface area contributed by atoms with Crippen LogP contribution in [0, 0.1) is 6.92 Å². The standard InChI is InChI=1S/C15H18N4O2S/c1-10-13(22-9-19-10)15(20)18-8-11-6-16-14(17-7-11)12-4-2-3-5-21-12/h6-7,9,12H,2-5,8H2,1H3,(H,18,20). The highest BCUT2D eigenvalue weighted by molar-refractivity contribution is 7.11. The molecule has 3 heterocycles. The molecular weight excluding hydrogens is 300 g/mol. The first-order valence-electron chi connectivity index (χ1n) is 7.35. The summed E-state index contributed by atoms with van der Waals surface area (Å²) in [6, 6.07) is 0. The largest absolute Gasteiger partial charge is 0.370 e. The van der Waals surface area contributed by atoms with Crippen molar-refractivity contribution in [2.24, 2.45) is 0 Å². The van der Waals surface area contributed by atoms with Gasteiger partial charge < -0.3 is 10.1 Å². The van der Waals surface area contributed by atoms with Crippen molar-refractivity contribution in [2.75, 3.05) is 6.61 Å². The molecule has 22 heavy (non-hydrogen) atoms. The van der Waals surface area contributed by atoms with E-state index in [0.29, 0.717) is 11.4 Å². The van der Waals surface area contributed by atoms with Gasteiger partial charge >= 0.3 is 0 Å². The molecule has 0 bridgehead atoms. The van der Waals surface area contributed by atoms with E-state index in [0.717, 1.165) is 43.0 Å². The fourth-order valence-electron chi connectivity index (χ4n) is 2.35. The van der Waals surface area contributed by atoms with Gasteiger partial charge in [-0.2, -0.15) is 0 Å². The fourth-order valence-corrected chi connectivity index (χ4v) is 3.07. The van der Waals surface area contributed by atoms with Crippen molar-refractivity contribution < 1.29 is 9.53 Å². The Labute approximate surface area is 133 Å². The van der Waals surface area contributed by atoms with Gasteiger partial charge in [-0.1, -0.05) is 0 Å². The zero-order valence-electron chi connectivity index (χ0n) is 12.4. The summed E-state index contributed by atoms with van der Waals surface area (Å²) in [5.74, 6) is 0.618. The predicted octanol–water partition coefficient (Wildman–Crippen LogP) is 2.41. The molecule has 0 aliphatic carbocycles. The number of carbonyl (C=O) groups excluding carboxylic acids is 1. The van der Waals surface area contributed by atoms with E-state index in [1.54, 1.807) is 17.9 Å². The zero-order valence-corrected chi connectivity index (χ0v) is 13.2. The number of nitrogens with one attached hydrogen (secondary N) is 1. The molecule has 0 aromatic carbocycles. The molecule has 116 valence electrons. The normalized spacial score (nSPS) is 18.1. The second kappa shape index (κ2) is 6.93. The third-order valence-corrected chi connectivity index (χ3v) is 4.53. The van der Waals surface area contributed by atoms with E-state index < -0.39 is 0 Å². The molecule has 0 saturated carbocycles. The molecular formula is C15H18N4O2S. The summed E-state index contributed by atoms with van der Waals surface area (Å²) in [5.41, 5.74) is 3.30. The number of nitrogens with zero attached hydrogens (tertiary/aromatic N) is 3. The minimum Gasteiger partial charge on any atom is -0.370 e. The van der Waals surface area contributed by atoms with E-state index in [1.165, 1.54) is 11.3 Å². The van der Waals surface area contributed by atoms with Crippen molar-refractivity contribution in [2.45, 2.75) is 38.8 Å². The van der Waals surface area contributed by atoms with Crippen molar-refractivity contribution in [3.8, 4) is 0 Å². The average molecular weight is 318 g/mol. The first kappa shape index (κ1) is 15.1. The fraction of sp³-hybridized carbons (Fsp3) is 0.467. The van der Waals surface area contributed by atoms with Gasteiger partial charge in [0.25, 0.3) is 5.91 Å². The maximum atomic E-state index is 12.0. The van der Waals surface area contributed by atoms with Crippen LogP contribution in [0.1, 0.15) is 52.1 Å². The van der Waals surface area contributed by atoms with Gasteiger partial charge in [-0.25, -0.2) is 15.0 Å². The van der Waals surface area contributed by atoms with Gasteiger partial charge in [0.1, 0.15) is 11.0 Å². The molecule has 3 rings (SSSR count). The van der Waals surface area contributed by atoms with Crippen LogP contribution in [0.3, 0.4) is 0 Å². The Morgan fingerprint density at radius 3 is 2.82 bits per heavy atom. The minimum absolute atomic E-state index is 0.0113. The molecule has 1 aliphatic heterocycles. The van der Waals surface area contributed by atoms with Gasteiger partial charge in [-0.3, -0.25) is 4.79 Å². The highest BCUT2D eigenvalue weighted by atomic mass is 32.1. The molecule has 2 aromatic heterocycles. The van der Waals surface area contributed by atoms with Crippen LogP contribution in [0.25, 0.3) is 0 Å². The summed E-state index contributed by atoms with van der Waals surface area (Å²) in [6.07, 6.45) is 6.75. The third-order valence-electron chi connectivity index (χ3n) is 3.60. The van der Waals surface area contributed by atoms with Crippen molar-refractivity contribution in [3.05, 3.63) is 39.9 Å². The van der Waals surface area contributed by atoms with Gasteiger partial charge in [0.2, 0.25) is 0 Å². The summed E-state index contributed by atoms with van der Waals surface area (Å²) >= 11 is 1.34. The van der Waals surface area contributed by atoms with Gasteiger partial charge in [-0.15, -0.1) is 11.3 Å². The van der Waals surface area contributed by atoms with Gasteiger partial charge in [-0.05, 0) is 26.2 Å². The zero-order chi connectivity index (χ0) is 15.4. The Bertz CT molecular complexity index is 635. The average Bonchev–Trinajstić information content (AvgIpc) is 3.00. The number of hydrogen-bond donors (Lipinski definition) is 1. The SMILES string of the molecule is Cc1ncsc1C(=O)NCc1cnc(C2CCCCO2)nc1. The van der Waals surface area contributed by atoms with Crippen LogP contribution >= 0.6 is 11.3 Å². The summed E-state index contributed by atoms with van der Waals surface area (Å²) in [6.45, 7) is 3.01. The number of thiazole rings is 1. The molecule has 1 atom stereocenters. The lowest BCUT2D eigenvalue weighted by molar-refractivity contribution is 0.00940. The number of ether oxygens (including phenoxy) is 1. The minimum atomic E-state index is -0.111. The Hall–Kier alpha value is -1.86. The van der Waals surface area contributed by atoms with Crippen molar-refractivity contribution in [3.63, 3.8) is 0 Å². The second-order valence-corrected chi connectivity index (χ2v) is 6.11. The summed E-state index contributed by atoms with van der Waals surface area (Å²) in [4.78, 5) is 25.5. The first-order valence-corrected chi connectivity index (χ1v) is 8.22. The highest BCUT2D eigenvalue weighted by Gasteiger charge is 2.18. The topological polar surface area (TPSA) is 77.0 Å². The molecule has 1 aliphatic rings. The van der Waals surface area contributed by atoms with Gasteiger partial charge in [0.15, 0.2) is 5.82 Å². The first-order chi connectivity index (χ1) is 10.7. The van der Waals surface area contributed by atoms with E-state index >= 15 is 0 Å². The molecule has 2 aromatic rings. The monoisotopic (exact) mass is 318 g/mol. The molecule has 0 radical (unpaired) electrons. The number of amides is 1. The van der Waals surface area contributed by atoms with Gasteiger partial charge in [0, 0.05) is 31.1 Å². The van der Waals surface area contributed by atoms with E-state index in [-0.39, 0.29) is 12.0 Å². The quantitative estimate of drug-likeness (QED) is 0.937. The molecule has 1 fully saturated rings. The van der Waals surface area contributed by atoms with Crippen molar-refractivity contribution >= 4 is 17.2 Å². The maximum absolute atomic E-state index is 12.0. The number of rotatable bonds is 4. The van der Waals surface area contributed by atoms with Crippen LogP contribution in [-0.2, 0) is 11.3 Å². The van der Waals surface area contributed by atoms with Crippen LogP contribution in [0.5, 0.6) is 0 Å². The molecule has 7 heteroatoms. The summed E-state index contributed by atoms with van der Waals surface area (Å²) < 4.78 is 5.66. The van der Waals surface area contributed by atoms with E-state index in [4.69, 9.17) is 4.74 Å². The molecule has 1 N–H and O–H groups in total. The second-order valence-electron chi connectivity index (χ2n) is 5.25. The number of hydrogen-bond acceptors (Lipinski definition) is 6. The van der Waals surface area contributed by atoms with E-state index in [2.05, 4.69) is 20.3 Å². The summed E-state index contributed by atoms with van der Waals surface area (Å²) in [7, 11) is 0. The van der Waals surface area contributed by atoms with Crippen LogP contribution in [0.15, 0.2) is 17.9 Å². The van der Waals surface area contributed by atoms with E-state index in [9.17, 15) is 4.79 Å². The number of aromatic nitrogens is 3. The van der Waals surface area contributed by atoms with Crippen LogP contribution in [-0.4, -0.2) is 27.5 Å². The Morgan fingerprint density at radius 1 is 1.36 bits per heavy atom. The molecule has 6 nitrogen and oxygen atoms in total. The van der Waals surface area contributed by atoms with Crippen molar-refractivity contribution in [1.29, 1.82) is 0 Å². The molecule has 1 saturated heterocycles. The Kier molecular flexibility index (Phi) is 4.74. The summed E-state index contributed by atoms with van der Waals surface area (Å²) in [5, 5.41) is 2.86. The lowest BCUT2D eigenvalue weighted by Crippen LogP contribution is -2.23. The predicted molar refractivity (Wildman–Crippen MR) is 82.6 cm³/mol. The smallest absolute Gasteiger partial charge is 0.263 e. The molecule has 0 spiro atoms. The van der Waals surface area contributed by atoms with E-state index in [1.807, 2.05) is 6.92 Å². The van der Waals surface area contributed by atoms with Crippen molar-refractivity contribution in [1.82, 2.24) is 20.3 Å². The lowest BCUT2D eigenvalue weighted by atomic mass is 10.1. The third kappa shape index (κ3) is 3.48. The molecule has 1 amide bonds. The maximum Gasteiger partial charge on any atom is 0.263 e. The number of aryl methyl sites for hydroxylation is 1. The van der Waals surface area contributed by atoms with Crippen LogP contribution in [0.2, 0.25) is 0 Å². The Morgan fingerprint density at radius 2 is 2.18 bits per heavy atom. The van der Waals surface area contributed by atoms with Gasteiger partial charge in [0.05, 0.1) is 11.2 Å². The lowest BCUT2D eigenvalue weighted by Gasteiger charge is -2.21.